The Kier molecular flexibility index (Phi) is 7.05. The van der Waals surface area contributed by atoms with Crippen molar-refractivity contribution in [3.63, 3.8) is 0 Å². The summed E-state index contributed by atoms with van der Waals surface area (Å²) in [5, 5.41) is 0. The zero-order valence-corrected chi connectivity index (χ0v) is 14.0. The fourth-order valence-corrected chi connectivity index (χ4v) is 2.33. The highest BCUT2D eigenvalue weighted by atomic mass is 79.9. The summed E-state index contributed by atoms with van der Waals surface area (Å²) in [5.74, 6) is 0. The molecule has 2 N–H and O–H groups in total. The summed E-state index contributed by atoms with van der Waals surface area (Å²) >= 11 is 3.46. The maximum Gasteiger partial charge on any atom is 0.0230 e. The van der Waals surface area contributed by atoms with Crippen LogP contribution in [0.3, 0.4) is 0 Å². The molecule has 0 saturated heterocycles. The van der Waals surface area contributed by atoms with Crippen molar-refractivity contribution in [2.75, 3.05) is 20.1 Å². The molecule has 0 amide bonds. The number of nitrogens with two attached hydrogens (primary N) is 1. The van der Waals surface area contributed by atoms with E-state index in [0.29, 0.717) is 5.41 Å². The molecule has 0 spiro atoms. The van der Waals surface area contributed by atoms with Crippen LogP contribution < -0.4 is 5.73 Å². The van der Waals surface area contributed by atoms with Gasteiger partial charge in [-0.2, -0.15) is 0 Å². The van der Waals surface area contributed by atoms with Gasteiger partial charge in [-0.3, -0.25) is 0 Å². The Balaban J connectivity index is 2.21. The predicted molar refractivity (Wildman–Crippen MR) is 87.2 cm³/mol. The first kappa shape index (κ1) is 16.7. The summed E-state index contributed by atoms with van der Waals surface area (Å²) in [5.41, 5.74) is 7.41. The molecular weight excluding hydrogens is 300 g/mol. The van der Waals surface area contributed by atoms with Crippen LogP contribution in [0, 0.1) is 5.41 Å². The Morgan fingerprint density at radius 3 is 2.37 bits per heavy atom. The average Bonchev–Trinajstić information content (AvgIpc) is 2.38. The molecule has 1 rings (SSSR count). The summed E-state index contributed by atoms with van der Waals surface area (Å²) in [7, 11) is 2.19. The number of nitrogens with zero attached hydrogens (tertiary/aromatic N) is 1. The first-order chi connectivity index (χ1) is 8.93. The topological polar surface area (TPSA) is 29.3 Å². The first-order valence-corrected chi connectivity index (χ1v) is 7.85. The second-order valence-corrected chi connectivity index (χ2v) is 7.11. The SMILES string of the molecule is CN(CCCCC(C)(C)CN)Cc1ccc(Br)cc1. The first-order valence-electron chi connectivity index (χ1n) is 7.06. The van der Waals surface area contributed by atoms with E-state index in [1.807, 2.05) is 0 Å². The minimum Gasteiger partial charge on any atom is -0.330 e. The fourth-order valence-electron chi connectivity index (χ4n) is 2.07. The van der Waals surface area contributed by atoms with Crippen molar-refractivity contribution in [3.05, 3.63) is 34.3 Å². The summed E-state index contributed by atoms with van der Waals surface area (Å²) < 4.78 is 1.14. The van der Waals surface area contributed by atoms with Gasteiger partial charge in [0, 0.05) is 11.0 Å². The lowest BCUT2D eigenvalue weighted by atomic mass is 9.87. The molecule has 1 aromatic carbocycles. The normalized spacial score (nSPS) is 12.1. The third-order valence-corrected chi connectivity index (χ3v) is 4.09. The van der Waals surface area contributed by atoms with Gasteiger partial charge in [0.25, 0.3) is 0 Å². The molecule has 108 valence electrons. The van der Waals surface area contributed by atoms with Crippen molar-refractivity contribution in [1.29, 1.82) is 0 Å². The van der Waals surface area contributed by atoms with Gasteiger partial charge in [0.05, 0.1) is 0 Å². The van der Waals surface area contributed by atoms with Crippen molar-refractivity contribution < 1.29 is 0 Å². The molecule has 0 aliphatic heterocycles. The van der Waals surface area contributed by atoms with Crippen LogP contribution in [0.25, 0.3) is 0 Å². The van der Waals surface area contributed by atoms with Crippen molar-refractivity contribution in [1.82, 2.24) is 4.90 Å². The van der Waals surface area contributed by atoms with Gasteiger partial charge in [-0.25, -0.2) is 0 Å². The zero-order valence-electron chi connectivity index (χ0n) is 12.5. The Bertz CT molecular complexity index is 360. The molecule has 19 heavy (non-hydrogen) atoms. The van der Waals surface area contributed by atoms with E-state index < -0.39 is 0 Å². The van der Waals surface area contributed by atoms with E-state index in [0.717, 1.165) is 24.1 Å². The molecule has 0 atom stereocenters. The standard InChI is InChI=1S/C16H27BrN2/c1-16(2,13-18)10-4-5-11-19(3)12-14-6-8-15(17)9-7-14/h6-9H,4-5,10-13,18H2,1-3H3. The third kappa shape index (κ3) is 7.09. The van der Waals surface area contributed by atoms with Crippen molar-refractivity contribution in [2.24, 2.45) is 11.1 Å². The zero-order chi connectivity index (χ0) is 14.3. The maximum atomic E-state index is 5.75. The number of unbranched alkanes of at least 4 members (excludes halogenated alkanes) is 1. The van der Waals surface area contributed by atoms with Crippen LogP contribution in [0.5, 0.6) is 0 Å². The number of hydrogen-bond acceptors (Lipinski definition) is 2. The Labute approximate surface area is 126 Å². The molecule has 0 fully saturated rings. The van der Waals surface area contributed by atoms with Crippen molar-refractivity contribution in [3.8, 4) is 0 Å². The van der Waals surface area contributed by atoms with E-state index in [9.17, 15) is 0 Å². The Hall–Kier alpha value is -0.380. The van der Waals surface area contributed by atoms with Crippen LogP contribution in [0.4, 0.5) is 0 Å². The van der Waals surface area contributed by atoms with Crippen LogP contribution in [-0.4, -0.2) is 25.0 Å². The molecule has 0 radical (unpaired) electrons. The second-order valence-electron chi connectivity index (χ2n) is 6.19. The molecular formula is C16H27BrN2. The molecule has 2 nitrogen and oxygen atoms in total. The number of halogens is 1. The van der Waals surface area contributed by atoms with E-state index in [2.05, 4.69) is 66.0 Å². The van der Waals surface area contributed by atoms with Crippen LogP contribution in [0.2, 0.25) is 0 Å². The second kappa shape index (κ2) is 8.03. The highest BCUT2D eigenvalue weighted by molar-refractivity contribution is 9.10. The molecule has 0 saturated carbocycles. The smallest absolute Gasteiger partial charge is 0.0230 e. The summed E-state index contributed by atoms with van der Waals surface area (Å²) in [6.45, 7) is 7.45. The number of hydrogen-bond donors (Lipinski definition) is 1. The van der Waals surface area contributed by atoms with E-state index in [1.54, 1.807) is 0 Å². The predicted octanol–water partition coefficient (Wildman–Crippen LogP) is 4.04. The van der Waals surface area contributed by atoms with E-state index in [1.165, 1.54) is 24.8 Å². The van der Waals surface area contributed by atoms with Crippen LogP contribution in [0.1, 0.15) is 38.7 Å². The minimum atomic E-state index is 0.296. The van der Waals surface area contributed by atoms with Crippen LogP contribution in [-0.2, 0) is 6.54 Å². The van der Waals surface area contributed by atoms with Gasteiger partial charge in [0.2, 0.25) is 0 Å². The van der Waals surface area contributed by atoms with Gasteiger partial charge in [0.1, 0.15) is 0 Å². The summed E-state index contributed by atoms with van der Waals surface area (Å²) in [6, 6.07) is 8.57. The monoisotopic (exact) mass is 326 g/mol. The summed E-state index contributed by atoms with van der Waals surface area (Å²) in [4.78, 5) is 2.39. The minimum absolute atomic E-state index is 0.296. The average molecular weight is 327 g/mol. The van der Waals surface area contributed by atoms with E-state index in [4.69, 9.17) is 5.73 Å². The summed E-state index contributed by atoms with van der Waals surface area (Å²) in [6.07, 6.45) is 3.72. The molecule has 1 aromatic rings. The maximum absolute atomic E-state index is 5.75. The molecule has 0 heterocycles. The van der Waals surface area contributed by atoms with Crippen LogP contribution >= 0.6 is 15.9 Å². The van der Waals surface area contributed by atoms with Crippen molar-refractivity contribution >= 4 is 15.9 Å². The fraction of sp³-hybridized carbons (Fsp3) is 0.625. The molecule has 0 aliphatic carbocycles. The van der Waals surface area contributed by atoms with Gasteiger partial charge in [-0.05, 0) is 56.1 Å². The molecule has 0 aromatic heterocycles. The third-order valence-electron chi connectivity index (χ3n) is 3.56. The molecule has 0 aliphatic rings. The van der Waals surface area contributed by atoms with Gasteiger partial charge in [-0.15, -0.1) is 0 Å². The lowest BCUT2D eigenvalue weighted by Crippen LogP contribution is -2.24. The lowest BCUT2D eigenvalue weighted by molar-refractivity contribution is 0.289. The van der Waals surface area contributed by atoms with E-state index in [-0.39, 0.29) is 0 Å². The highest BCUT2D eigenvalue weighted by Crippen LogP contribution is 2.21. The Morgan fingerprint density at radius 2 is 1.79 bits per heavy atom. The molecule has 0 bridgehead atoms. The number of benzene rings is 1. The quantitative estimate of drug-likeness (QED) is 0.730. The van der Waals surface area contributed by atoms with Gasteiger partial charge >= 0.3 is 0 Å². The number of rotatable bonds is 8. The molecule has 0 unspecified atom stereocenters. The van der Waals surface area contributed by atoms with Crippen molar-refractivity contribution in [2.45, 2.75) is 39.7 Å². The molecule has 3 heteroatoms. The lowest BCUT2D eigenvalue weighted by Gasteiger charge is -2.23. The van der Waals surface area contributed by atoms with E-state index >= 15 is 0 Å². The van der Waals surface area contributed by atoms with Gasteiger partial charge < -0.3 is 10.6 Å². The highest BCUT2D eigenvalue weighted by Gasteiger charge is 2.14. The Morgan fingerprint density at radius 1 is 1.16 bits per heavy atom. The van der Waals surface area contributed by atoms with Crippen LogP contribution in [0.15, 0.2) is 28.7 Å². The van der Waals surface area contributed by atoms with Gasteiger partial charge in [-0.1, -0.05) is 48.3 Å². The largest absolute Gasteiger partial charge is 0.330 e. The van der Waals surface area contributed by atoms with Gasteiger partial charge in [0.15, 0.2) is 0 Å².